The van der Waals surface area contributed by atoms with Gasteiger partial charge in [-0.15, -0.1) is 0 Å². The summed E-state index contributed by atoms with van der Waals surface area (Å²) in [6, 6.07) is 20.1. The SMILES string of the molecule is COc1ccc(-c2ccc(C)nc2)c2c1C(C(=O)NS(=O)(=O)c1cccc3ccccc13)CCC2. The number of carbonyl (C=O) groups is 1. The molecule has 6 nitrogen and oxygen atoms in total. The number of benzene rings is 3. The van der Waals surface area contributed by atoms with E-state index >= 15 is 0 Å². The molecule has 1 aromatic heterocycles. The molecule has 1 heterocycles. The molecule has 1 aliphatic rings. The van der Waals surface area contributed by atoms with Crippen molar-refractivity contribution >= 4 is 26.7 Å². The smallest absolute Gasteiger partial charge is 0.264 e. The number of aromatic nitrogens is 1. The van der Waals surface area contributed by atoms with Crippen molar-refractivity contribution in [3.63, 3.8) is 0 Å². The second-order valence-corrected chi connectivity index (χ2v) is 10.4. The molecule has 0 bridgehead atoms. The number of carbonyl (C=O) groups excluding carboxylic acids is 1. The van der Waals surface area contributed by atoms with Gasteiger partial charge in [-0.1, -0.05) is 48.5 Å². The number of rotatable bonds is 5. The Bertz CT molecular complexity index is 1520. The molecule has 1 aliphatic carbocycles. The van der Waals surface area contributed by atoms with Gasteiger partial charge in [-0.3, -0.25) is 9.78 Å². The van der Waals surface area contributed by atoms with Crippen LogP contribution < -0.4 is 9.46 Å². The third-order valence-corrected chi connectivity index (χ3v) is 8.02. The molecule has 1 unspecified atom stereocenters. The average molecular weight is 487 g/mol. The Balaban J connectivity index is 1.54. The maximum atomic E-state index is 13.5. The molecule has 1 N–H and O–H groups in total. The van der Waals surface area contributed by atoms with E-state index in [0.29, 0.717) is 17.6 Å². The number of amides is 1. The van der Waals surface area contributed by atoms with Gasteiger partial charge in [-0.2, -0.15) is 0 Å². The van der Waals surface area contributed by atoms with Crippen LogP contribution in [0, 0.1) is 6.92 Å². The summed E-state index contributed by atoms with van der Waals surface area (Å²) in [7, 11) is -2.51. The first-order valence-electron chi connectivity index (χ1n) is 11.6. The van der Waals surface area contributed by atoms with Crippen molar-refractivity contribution in [3.8, 4) is 16.9 Å². The van der Waals surface area contributed by atoms with Crippen molar-refractivity contribution in [1.82, 2.24) is 9.71 Å². The van der Waals surface area contributed by atoms with Crippen LogP contribution in [0.15, 0.2) is 77.8 Å². The Morgan fingerprint density at radius 2 is 1.83 bits per heavy atom. The second kappa shape index (κ2) is 9.15. The lowest BCUT2D eigenvalue weighted by atomic mass is 9.78. The molecule has 1 atom stereocenters. The van der Waals surface area contributed by atoms with Gasteiger partial charge in [0.2, 0.25) is 5.91 Å². The number of hydrogen-bond acceptors (Lipinski definition) is 5. The lowest BCUT2D eigenvalue weighted by Crippen LogP contribution is -2.36. The fraction of sp³-hybridized carbons (Fsp3) is 0.214. The summed E-state index contributed by atoms with van der Waals surface area (Å²) < 4.78 is 34.6. The zero-order valence-electron chi connectivity index (χ0n) is 19.6. The van der Waals surface area contributed by atoms with Crippen LogP contribution in [-0.4, -0.2) is 26.4 Å². The van der Waals surface area contributed by atoms with Gasteiger partial charge in [0.05, 0.1) is 17.9 Å². The van der Waals surface area contributed by atoms with E-state index in [1.54, 1.807) is 25.3 Å². The van der Waals surface area contributed by atoms with Crippen LogP contribution in [0.5, 0.6) is 5.75 Å². The summed E-state index contributed by atoms with van der Waals surface area (Å²) in [5, 5.41) is 1.37. The molecule has 0 radical (unpaired) electrons. The highest BCUT2D eigenvalue weighted by Crippen LogP contribution is 2.43. The summed E-state index contributed by atoms with van der Waals surface area (Å²) in [5.74, 6) is -0.598. The fourth-order valence-electron chi connectivity index (χ4n) is 4.95. The molecular weight excluding hydrogens is 460 g/mol. The van der Waals surface area contributed by atoms with Crippen molar-refractivity contribution in [3.05, 3.63) is 89.7 Å². The van der Waals surface area contributed by atoms with Crippen molar-refractivity contribution in [1.29, 1.82) is 0 Å². The standard InChI is InChI=1S/C28H26N2O4S/c1-18-13-14-20(17-29-18)21-15-16-25(34-2)27-23(21)10-6-11-24(27)28(31)30-35(32,33)26-12-5-8-19-7-3-4-9-22(19)26/h3-5,7-9,12-17,24H,6,10-11H2,1-2H3,(H,30,31). The van der Waals surface area contributed by atoms with Gasteiger partial charge in [-0.05, 0) is 60.9 Å². The molecular formula is C28H26N2O4S. The quantitative estimate of drug-likeness (QED) is 0.422. The Morgan fingerprint density at radius 1 is 1.03 bits per heavy atom. The first-order valence-corrected chi connectivity index (χ1v) is 13.0. The molecule has 0 saturated carbocycles. The molecule has 3 aromatic carbocycles. The molecule has 0 saturated heterocycles. The normalized spacial score (nSPS) is 15.4. The van der Waals surface area contributed by atoms with E-state index in [0.717, 1.165) is 46.2 Å². The van der Waals surface area contributed by atoms with Gasteiger partial charge in [0.25, 0.3) is 10.0 Å². The third kappa shape index (κ3) is 4.28. The molecule has 4 aromatic rings. The van der Waals surface area contributed by atoms with Gasteiger partial charge >= 0.3 is 0 Å². The van der Waals surface area contributed by atoms with Crippen LogP contribution >= 0.6 is 0 Å². The zero-order chi connectivity index (χ0) is 24.6. The van der Waals surface area contributed by atoms with E-state index < -0.39 is 21.8 Å². The van der Waals surface area contributed by atoms with Crippen molar-refractivity contribution in [2.24, 2.45) is 0 Å². The maximum Gasteiger partial charge on any atom is 0.264 e. The number of sulfonamides is 1. The van der Waals surface area contributed by atoms with E-state index in [1.807, 2.05) is 55.6 Å². The van der Waals surface area contributed by atoms with Crippen LogP contribution in [0.4, 0.5) is 0 Å². The van der Waals surface area contributed by atoms with Crippen LogP contribution in [0.25, 0.3) is 21.9 Å². The molecule has 5 rings (SSSR count). The monoisotopic (exact) mass is 486 g/mol. The highest BCUT2D eigenvalue weighted by molar-refractivity contribution is 7.90. The lowest BCUT2D eigenvalue weighted by Gasteiger charge is -2.28. The van der Waals surface area contributed by atoms with Gasteiger partial charge in [0.15, 0.2) is 0 Å². The predicted octanol–water partition coefficient (Wildman–Crippen LogP) is 5.14. The van der Waals surface area contributed by atoms with Crippen molar-refractivity contribution in [2.45, 2.75) is 37.0 Å². The number of hydrogen-bond donors (Lipinski definition) is 1. The Kier molecular flexibility index (Phi) is 6.03. The number of nitrogens with one attached hydrogen (secondary N) is 1. The van der Waals surface area contributed by atoms with Crippen LogP contribution in [0.2, 0.25) is 0 Å². The zero-order valence-corrected chi connectivity index (χ0v) is 20.4. The van der Waals surface area contributed by atoms with E-state index in [-0.39, 0.29) is 4.90 Å². The minimum atomic E-state index is -4.07. The van der Waals surface area contributed by atoms with Crippen LogP contribution in [-0.2, 0) is 21.2 Å². The van der Waals surface area contributed by atoms with Gasteiger partial charge in [0, 0.05) is 28.4 Å². The third-order valence-electron chi connectivity index (χ3n) is 6.62. The highest BCUT2D eigenvalue weighted by Gasteiger charge is 2.34. The number of ether oxygens (including phenoxy) is 1. The molecule has 1 amide bonds. The van der Waals surface area contributed by atoms with Crippen molar-refractivity contribution in [2.75, 3.05) is 7.11 Å². The highest BCUT2D eigenvalue weighted by atomic mass is 32.2. The second-order valence-electron chi connectivity index (χ2n) is 8.79. The van der Waals surface area contributed by atoms with E-state index in [9.17, 15) is 13.2 Å². The first kappa shape index (κ1) is 23.1. The predicted molar refractivity (Wildman–Crippen MR) is 136 cm³/mol. The maximum absolute atomic E-state index is 13.5. The average Bonchev–Trinajstić information content (AvgIpc) is 2.87. The van der Waals surface area contributed by atoms with E-state index in [1.165, 1.54) is 6.07 Å². The molecule has 0 spiro atoms. The summed E-state index contributed by atoms with van der Waals surface area (Å²) in [6.07, 6.45) is 3.90. The van der Waals surface area contributed by atoms with Gasteiger partial charge in [0.1, 0.15) is 5.75 Å². The Morgan fingerprint density at radius 3 is 2.60 bits per heavy atom. The van der Waals surface area contributed by atoms with E-state index in [4.69, 9.17) is 4.74 Å². The molecule has 178 valence electrons. The minimum absolute atomic E-state index is 0.0893. The topological polar surface area (TPSA) is 85.4 Å². The number of fused-ring (bicyclic) bond motifs is 2. The number of nitrogens with zero attached hydrogens (tertiary/aromatic N) is 1. The summed E-state index contributed by atoms with van der Waals surface area (Å²) >= 11 is 0. The molecule has 7 heteroatoms. The molecule has 0 aliphatic heterocycles. The summed E-state index contributed by atoms with van der Waals surface area (Å²) in [6.45, 7) is 1.93. The Hall–Kier alpha value is -3.71. The number of pyridine rings is 1. The van der Waals surface area contributed by atoms with Gasteiger partial charge < -0.3 is 4.74 Å². The van der Waals surface area contributed by atoms with Gasteiger partial charge in [-0.25, -0.2) is 13.1 Å². The summed E-state index contributed by atoms with van der Waals surface area (Å²) in [4.78, 5) is 18.0. The largest absolute Gasteiger partial charge is 0.496 e. The Labute approximate surface area is 205 Å². The number of aryl methyl sites for hydroxylation is 1. The fourth-order valence-corrected chi connectivity index (χ4v) is 6.20. The molecule has 35 heavy (non-hydrogen) atoms. The first-order chi connectivity index (χ1) is 16.9. The van der Waals surface area contributed by atoms with Crippen molar-refractivity contribution < 1.29 is 17.9 Å². The van der Waals surface area contributed by atoms with Crippen LogP contribution in [0.3, 0.4) is 0 Å². The van der Waals surface area contributed by atoms with Crippen LogP contribution in [0.1, 0.15) is 35.6 Å². The van der Waals surface area contributed by atoms with E-state index in [2.05, 4.69) is 9.71 Å². The number of methoxy groups -OCH3 is 1. The lowest BCUT2D eigenvalue weighted by molar-refractivity contribution is -0.121. The molecule has 0 fully saturated rings. The minimum Gasteiger partial charge on any atom is -0.496 e. The summed E-state index contributed by atoms with van der Waals surface area (Å²) in [5.41, 5.74) is 4.63.